The van der Waals surface area contributed by atoms with Crippen molar-refractivity contribution in [3.05, 3.63) is 41.7 Å². The molecule has 0 aromatic carbocycles. The molecule has 1 saturated heterocycles. The summed E-state index contributed by atoms with van der Waals surface area (Å²) in [5, 5.41) is 4.07. The number of rotatable bonds is 3. The van der Waals surface area contributed by atoms with Crippen LogP contribution in [0.2, 0.25) is 0 Å². The SMILES string of the molecule is Cc1nccc(CC2COCCN(C(=O)c3cnn(C)c3)C2)n1. The van der Waals surface area contributed by atoms with Crippen LogP contribution >= 0.6 is 0 Å². The number of aromatic nitrogens is 4. The fraction of sp³-hybridized carbons (Fsp3) is 0.500. The van der Waals surface area contributed by atoms with Crippen molar-refractivity contribution in [2.45, 2.75) is 13.3 Å². The Morgan fingerprint density at radius 2 is 2.35 bits per heavy atom. The second-order valence-electron chi connectivity index (χ2n) is 5.89. The van der Waals surface area contributed by atoms with Crippen molar-refractivity contribution in [1.82, 2.24) is 24.6 Å². The van der Waals surface area contributed by atoms with Gasteiger partial charge in [-0.1, -0.05) is 0 Å². The van der Waals surface area contributed by atoms with Crippen LogP contribution in [0.1, 0.15) is 21.9 Å². The average Bonchev–Trinajstić information content (AvgIpc) is 2.82. The van der Waals surface area contributed by atoms with Crippen LogP contribution in [0.5, 0.6) is 0 Å². The maximum atomic E-state index is 12.6. The van der Waals surface area contributed by atoms with Gasteiger partial charge in [0.25, 0.3) is 5.91 Å². The van der Waals surface area contributed by atoms with Gasteiger partial charge in [0.2, 0.25) is 0 Å². The summed E-state index contributed by atoms with van der Waals surface area (Å²) in [4.78, 5) is 23.0. The lowest BCUT2D eigenvalue weighted by atomic mass is 10.0. The standard InChI is InChI=1S/C16H21N5O2/c1-12-17-4-3-15(19-12)7-13-9-21(5-6-23-11-13)16(22)14-8-18-20(2)10-14/h3-4,8,10,13H,5-7,9,11H2,1-2H3. The van der Waals surface area contributed by atoms with Crippen molar-refractivity contribution >= 4 is 5.91 Å². The molecule has 3 heterocycles. The Hall–Kier alpha value is -2.28. The Kier molecular flexibility index (Phi) is 4.66. The molecule has 7 nitrogen and oxygen atoms in total. The van der Waals surface area contributed by atoms with E-state index in [0.29, 0.717) is 31.9 Å². The summed E-state index contributed by atoms with van der Waals surface area (Å²) in [5.41, 5.74) is 1.60. The first-order valence-electron chi connectivity index (χ1n) is 7.76. The molecular weight excluding hydrogens is 294 g/mol. The molecule has 1 aliphatic heterocycles. The van der Waals surface area contributed by atoms with E-state index in [1.807, 2.05) is 24.9 Å². The zero-order valence-corrected chi connectivity index (χ0v) is 13.5. The third kappa shape index (κ3) is 3.92. The van der Waals surface area contributed by atoms with Crippen molar-refractivity contribution in [3.63, 3.8) is 0 Å². The Morgan fingerprint density at radius 1 is 1.48 bits per heavy atom. The highest BCUT2D eigenvalue weighted by atomic mass is 16.5. The van der Waals surface area contributed by atoms with Crippen molar-refractivity contribution in [1.29, 1.82) is 0 Å². The molecule has 2 aromatic rings. The van der Waals surface area contributed by atoms with Crippen LogP contribution in [-0.4, -0.2) is 56.9 Å². The predicted octanol–water partition coefficient (Wildman–Crippen LogP) is 0.850. The van der Waals surface area contributed by atoms with Crippen LogP contribution in [0, 0.1) is 12.8 Å². The molecule has 0 saturated carbocycles. The largest absolute Gasteiger partial charge is 0.379 e. The zero-order valence-electron chi connectivity index (χ0n) is 13.5. The van der Waals surface area contributed by atoms with Gasteiger partial charge in [0.05, 0.1) is 25.0 Å². The highest BCUT2D eigenvalue weighted by Gasteiger charge is 2.24. The van der Waals surface area contributed by atoms with Crippen LogP contribution in [0.4, 0.5) is 0 Å². The van der Waals surface area contributed by atoms with Crippen LogP contribution in [0.25, 0.3) is 0 Å². The van der Waals surface area contributed by atoms with Gasteiger partial charge in [-0.25, -0.2) is 9.97 Å². The second kappa shape index (κ2) is 6.87. The highest BCUT2D eigenvalue weighted by molar-refractivity contribution is 5.93. The smallest absolute Gasteiger partial charge is 0.257 e. The van der Waals surface area contributed by atoms with Gasteiger partial charge in [-0.3, -0.25) is 9.48 Å². The number of carbonyl (C=O) groups is 1. The number of hydrogen-bond acceptors (Lipinski definition) is 5. The number of carbonyl (C=O) groups excluding carboxylic acids is 1. The van der Waals surface area contributed by atoms with E-state index in [2.05, 4.69) is 15.1 Å². The third-order valence-electron chi connectivity index (χ3n) is 3.91. The molecule has 122 valence electrons. The van der Waals surface area contributed by atoms with Crippen molar-refractivity contribution in [3.8, 4) is 0 Å². The Labute approximate surface area is 135 Å². The number of amides is 1. The summed E-state index contributed by atoms with van der Waals surface area (Å²) in [7, 11) is 1.81. The molecule has 0 spiro atoms. The number of aryl methyl sites for hydroxylation is 2. The maximum absolute atomic E-state index is 12.6. The molecule has 7 heteroatoms. The fourth-order valence-corrected chi connectivity index (χ4v) is 2.82. The first-order chi connectivity index (χ1) is 11.1. The minimum atomic E-state index is 0.00691. The van der Waals surface area contributed by atoms with Gasteiger partial charge < -0.3 is 9.64 Å². The second-order valence-corrected chi connectivity index (χ2v) is 5.89. The van der Waals surface area contributed by atoms with E-state index in [-0.39, 0.29) is 11.8 Å². The quantitative estimate of drug-likeness (QED) is 0.839. The summed E-state index contributed by atoms with van der Waals surface area (Å²) in [6, 6.07) is 1.92. The first-order valence-corrected chi connectivity index (χ1v) is 7.76. The molecule has 1 aliphatic rings. The molecule has 1 fully saturated rings. The lowest BCUT2D eigenvalue weighted by molar-refractivity contribution is 0.0737. The minimum Gasteiger partial charge on any atom is -0.379 e. The van der Waals surface area contributed by atoms with Crippen LogP contribution in [-0.2, 0) is 18.2 Å². The number of ether oxygens (including phenoxy) is 1. The van der Waals surface area contributed by atoms with E-state index in [0.717, 1.165) is 17.9 Å². The topological polar surface area (TPSA) is 73.1 Å². The van der Waals surface area contributed by atoms with Crippen molar-refractivity contribution in [2.75, 3.05) is 26.3 Å². The van der Waals surface area contributed by atoms with Gasteiger partial charge in [0.15, 0.2) is 0 Å². The third-order valence-corrected chi connectivity index (χ3v) is 3.91. The predicted molar refractivity (Wildman–Crippen MR) is 83.9 cm³/mol. The lowest BCUT2D eigenvalue weighted by Crippen LogP contribution is -2.36. The van der Waals surface area contributed by atoms with Gasteiger partial charge >= 0.3 is 0 Å². The van der Waals surface area contributed by atoms with E-state index in [1.54, 1.807) is 23.3 Å². The molecular formula is C16H21N5O2. The van der Waals surface area contributed by atoms with Gasteiger partial charge in [-0.05, 0) is 19.4 Å². The fourth-order valence-electron chi connectivity index (χ4n) is 2.82. The van der Waals surface area contributed by atoms with E-state index in [9.17, 15) is 4.79 Å². The average molecular weight is 315 g/mol. The van der Waals surface area contributed by atoms with Gasteiger partial charge in [0.1, 0.15) is 5.82 Å². The maximum Gasteiger partial charge on any atom is 0.257 e. The van der Waals surface area contributed by atoms with Gasteiger partial charge in [0, 0.05) is 44.1 Å². The van der Waals surface area contributed by atoms with Gasteiger partial charge in [-0.15, -0.1) is 0 Å². The Morgan fingerprint density at radius 3 is 3.09 bits per heavy atom. The molecule has 1 unspecified atom stereocenters. The van der Waals surface area contributed by atoms with Crippen LogP contribution in [0.3, 0.4) is 0 Å². The monoisotopic (exact) mass is 315 g/mol. The molecule has 0 bridgehead atoms. The summed E-state index contributed by atoms with van der Waals surface area (Å²) >= 11 is 0. The molecule has 0 aliphatic carbocycles. The van der Waals surface area contributed by atoms with Crippen molar-refractivity contribution in [2.24, 2.45) is 13.0 Å². The highest BCUT2D eigenvalue weighted by Crippen LogP contribution is 2.15. The number of hydrogen-bond donors (Lipinski definition) is 0. The molecule has 2 aromatic heterocycles. The summed E-state index contributed by atoms with van der Waals surface area (Å²) < 4.78 is 7.31. The Balaban J connectivity index is 1.69. The van der Waals surface area contributed by atoms with E-state index >= 15 is 0 Å². The summed E-state index contributed by atoms with van der Waals surface area (Å²) in [5.74, 6) is 1.00. The Bertz CT molecular complexity index is 685. The molecule has 0 radical (unpaired) electrons. The van der Waals surface area contributed by atoms with E-state index in [4.69, 9.17) is 4.74 Å². The van der Waals surface area contributed by atoms with Gasteiger partial charge in [-0.2, -0.15) is 5.10 Å². The first kappa shape index (κ1) is 15.6. The minimum absolute atomic E-state index is 0.00691. The van der Waals surface area contributed by atoms with E-state index < -0.39 is 0 Å². The van der Waals surface area contributed by atoms with Crippen molar-refractivity contribution < 1.29 is 9.53 Å². The normalized spacial score (nSPS) is 18.7. The molecule has 1 amide bonds. The molecule has 0 N–H and O–H groups in total. The van der Waals surface area contributed by atoms with Crippen LogP contribution in [0.15, 0.2) is 24.7 Å². The molecule has 3 rings (SSSR count). The molecule has 1 atom stereocenters. The van der Waals surface area contributed by atoms with E-state index in [1.165, 1.54) is 0 Å². The summed E-state index contributed by atoms with van der Waals surface area (Å²) in [6.45, 7) is 4.35. The summed E-state index contributed by atoms with van der Waals surface area (Å²) in [6.07, 6.45) is 5.90. The zero-order chi connectivity index (χ0) is 16.2. The lowest BCUT2D eigenvalue weighted by Gasteiger charge is -2.23. The number of nitrogens with zero attached hydrogens (tertiary/aromatic N) is 5. The van der Waals surface area contributed by atoms with Crippen LogP contribution < -0.4 is 0 Å². The molecule has 23 heavy (non-hydrogen) atoms.